The van der Waals surface area contributed by atoms with Crippen molar-refractivity contribution in [1.82, 2.24) is 9.80 Å². The van der Waals surface area contributed by atoms with Crippen LogP contribution in [0.5, 0.6) is 0 Å². The quantitative estimate of drug-likeness (QED) is 0.592. The van der Waals surface area contributed by atoms with Crippen molar-refractivity contribution in [2.75, 3.05) is 13.1 Å². The highest BCUT2D eigenvalue weighted by Crippen LogP contribution is 2.28. The molecular formula is C17H17Cl2N3O3. The van der Waals surface area contributed by atoms with Crippen molar-refractivity contribution >= 4 is 46.6 Å². The monoisotopic (exact) mass is 381 g/mol. The zero-order valence-electron chi connectivity index (χ0n) is 13.8. The molecule has 2 amide bonds. The van der Waals surface area contributed by atoms with E-state index in [1.165, 1.54) is 0 Å². The number of ketones is 1. The van der Waals surface area contributed by atoms with E-state index < -0.39 is 17.7 Å². The molecule has 1 fully saturated rings. The first kappa shape index (κ1) is 17.9. The Hall–Kier alpha value is -1.92. The molecule has 2 aliphatic heterocycles. The number of nitrogens with zero attached hydrogens (tertiary/aromatic N) is 3. The van der Waals surface area contributed by atoms with Crippen LogP contribution in [-0.2, 0) is 20.8 Å². The lowest BCUT2D eigenvalue weighted by atomic mass is 10.00. The molecule has 6 nitrogen and oxygen atoms in total. The van der Waals surface area contributed by atoms with Crippen LogP contribution in [0, 0.1) is 0 Å². The Kier molecular flexibility index (Phi) is 4.84. The van der Waals surface area contributed by atoms with E-state index in [4.69, 9.17) is 23.2 Å². The third-order valence-electron chi connectivity index (χ3n) is 4.44. The molecule has 0 aromatic heterocycles. The van der Waals surface area contributed by atoms with Gasteiger partial charge in [-0.3, -0.25) is 14.4 Å². The summed E-state index contributed by atoms with van der Waals surface area (Å²) < 4.78 is 0. The maximum absolute atomic E-state index is 12.7. The van der Waals surface area contributed by atoms with Crippen molar-refractivity contribution in [1.29, 1.82) is 0 Å². The zero-order valence-corrected chi connectivity index (χ0v) is 15.3. The Labute approximate surface area is 155 Å². The average Bonchev–Trinajstić information content (AvgIpc) is 2.56. The SMILES string of the molecule is CC(C)N1CCN2C(Cc3cccc(Cl)c3Cl)=NC(=O)C(=O)C2C1=O. The number of carbonyl (C=O) groups is 3. The maximum Gasteiger partial charge on any atom is 0.317 e. The number of hydrogen-bond donors (Lipinski definition) is 0. The second-order valence-electron chi connectivity index (χ2n) is 6.31. The minimum Gasteiger partial charge on any atom is -0.339 e. The molecule has 132 valence electrons. The number of rotatable bonds is 3. The topological polar surface area (TPSA) is 70.0 Å². The highest BCUT2D eigenvalue weighted by molar-refractivity contribution is 6.46. The van der Waals surface area contributed by atoms with Crippen LogP contribution in [0.15, 0.2) is 23.2 Å². The summed E-state index contributed by atoms with van der Waals surface area (Å²) in [5, 5.41) is 0.773. The van der Waals surface area contributed by atoms with E-state index in [1.54, 1.807) is 28.0 Å². The van der Waals surface area contributed by atoms with Crippen molar-refractivity contribution in [3.05, 3.63) is 33.8 Å². The van der Waals surface area contributed by atoms with Gasteiger partial charge < -0.3 is 9.80 Å². The van der Waals surface area contributed by atoms with Crippen LogP contribution < -0.4 is 0 Å². The average molecular weight is 382 g/mol. The number of benzene rings is 1. The van der Waals surface area contributed by atoms with E-state index in [2.05, 4.69) is 4.99 Å². The van der Waals surface area contributed by atoms with E-state index in [-0.39, 0.29) is 18.4 Å². The number of carbonyl (C=O) groups excluding carboxylic acids is 3. The first-order chi connectivity index (χ1) is 11.8. The van der Waals surface area contributed by atoms with Crippen molar-refractivity contribution in [2.45, 2.75) is 32.4 Å². The molecule has 0 bridgehead atoms. The zero-order chi connectivity index (χ0) is 18.3. The fourth-order valence-corrected chi connectivity index (χ4v) is 3.53. The second kappa shape index (κ2) is 6.77. The molecule has 2 aliphatic rings. The van der Waals surface area contributed by atoms with Gasteiger partial charge in [-0.25, -0.2) is 0 Å². The first-order valence-corrected chi connectivity index (χ1v) is 8.72. The van der Waals surface area contributed by atoms with Crippen LogP contribution >= 0.6 is 23.2 Å². The Morgan fingerprint density at radius 2 is 1.92 bits per heavy atom. The Balaban J connectivity index is 1.95. The van der Waals surface area contributed by atoms with E-state index in [0.717, 1.165) is 0 Å². The van der Waals surface area contributed by atoms with Crippen molar-refractivity contribution < 1.29 is 14.4 Å². The number of amidine groups is 1. The predicted octanol–water partition coefficient (Wildman–Crippen LogP) is 1.96. The molecule has 1 atom stereocenters. The van der Waals surface area contributed by atoms with Gasteiger partial charge in [0.15, 0.2) is 6.04 Å². The van der Waals surface area contributed by atoms with Crippen LogP contribution in [0.25, 0.3) is 0 Å². The van der Waals surface area contributed by atoms with Crippen LogP contribution in [0.1, 0.15) is 19.4 Å². The predicted molar refractivity (Wildman–Crippen MR) is 95.0 cm³/mol. The molecule has 0 saturated carbocycles. The van der Waals surface area contributed by atoms with Crippen molar-refractivity contribution in [3.8, 4) is 0 Å². The van der Waals surface area contributed by atoms with Gasteiger partial charge in [0, 0.05) is 25.6 Å². The fourth-order valence-electron chi connectivity index (χ4n) is 3.14. The number of hydrogen-bond acceptors (Lipinski definition) is 4. The summed E-state index contributed by atoms with van der Waals surface area (Å²) >= 11 is 12.2. The molecular weight excluding hydrogens is 365 g/mol. The highest BCUT2D eigenvalue weighted by atomic mass is 35.5. The Bertz CT molecular complexity index is 791. The minimum absolute atomic E-state index is 0.0396. The standard InChI is InChI=1S/C17H17Cl2N3O3/c1-9(2)21-6-7-22-12(8-10-4-3-5-11(18)13(10)19)20-16(24)15(23)14(22)17(21)25/h3-5,9,14H,6-8H2,1-2H3. The molecule has 0 N–H and O–H groups in total. The van der Waals surface area contributed by atoms with E-state index in [0.29, 0.717) is 34.5 Å². The van der Waals surface area contributed by atoms with Gasteiger partial charge in [0.25, 0.3) is 11.7 Å². The van der Waals surface area contributed by atoms with Gasteiger partial charge in [0.2, 0.25) is 0 Å². The minimum atomic E-state index is -1.13. The van der Waals surface area contributed by atoms with Crippen molar-refractivity contribution in [3.63, 3.8) is 0 Å². The highest BCUT2D eigenvalue weighted by Gasteiger charge is 2.47. The molecule has 0 spiro atoms. The first-order valence-electron chi connectivity index (χ1n) is 7.97. The van der Waals surface area contributed by atoms with Crippen LogP contribution in [0.2, 0.25) is 10.0 Å². The number of amides is 2. The summed E-state index contributed by atoms with van der Waals surface area (Å²) in [7, 11) is 0. The van der Waals surface area contributed by atoms with Crippen LogP contribution in [0.4, 0.5) is 0 Å². The maximum atomic E-state index is 12.7. The van der Waals surface area contributed by atoms with E-state index in [9.17, 15) is 14.4 Å². The van der Waals surface area contributed by atoms with E-state index >= 15 is 0 Å². The smallest absolute Gasteiger partial charge is 0.317 e. The number of halogens is 2. The van der Waals surface area contributed by atoms with Gasteiger partial charge in [0.05, 0.1) is 10.0 Å². The number of piperazine rings is 1. The van der Waals surface area contributed by atoms with Crippen LogP contribution in [-0.4, -0.2) is 58.4 Å². The molecule has 1 aromatic rings. The molecule has 2 heterocycles. The summed E-state index contributed by atoms with van der Waals surface area (Å²) in [6.45, 7) is 4.66. The largest absolute Gasteiger partial charge is 0.339 e. The summed E-state index contributed by atoms with van der Waals surface area (Å²) in [6, 6.07) is 4.02. The van der Waals surface area contributed by atoms with Gasteiger partial charge in [-0.05, 0) is 25.5 Å². The third-order valence-corrected chi connectivity index (χ3v) is 5.29. The third kappa shape index (κ3) is 3.16. The lowest BCUT2D eigenvalue weighted by Gasteiger charge is -2.44. The van der Waals surface area contributed by atoms with Gasteiger partial charge in [-0.1, -0.05) is 35.3 Å². The summed E-state index contributed by atoms with van der Waals surface area (Å²) in [4.78, 5) is 44.1. The van der Waals surface area contributed by atoms with E-state index in [1.807, 2.05) is 13.8 Å². The Morgan fingerprint density at radius 1 is 1.20 bits per heavy atom. The van der Waals surface area contributed by atoms with Crippen LogP contribution in [0.3, 0.4) is 0 Å². The van der Waals surface area contributed by atoms with Gasteiger partial charge in [-0.2, -0.15) is 4.99 Å². The molecule has 1 saturated heterocycles. The number of aliphatic imine (C=N–C) groups is 1. The number of fused-ring (bicyclic) bond motifs is 1. The molecule has 25 heavy (non-hydrogen) atoms. The lowest BCUT2D eigenvalue weighted by Crippen LogP contribution is -2.65. The van der Waals surface area contributed by atoms with Gasteiger partial charge >= 0.3 is 5.91 Å². The summed E-state index contributed by atoms with van der Waals surface area (Å²) in [6.07, 6.45) is 0.226. The molecule has 0 aliphatic carbocycles. The fraction of sp³-hybridized carbons (Fsp3) is 0.412. The lowest BCUT2D eigenvalue weighted by molar-refractivity contribution is -0.151. The molecule has 1 unspecified atom stereocenters. The normalized spacial score (nSPS) is 20.9. The Morgan fingerprint density at radius 3 is 2.60 bits per heavy atom. The summed E-state index contributed by atoms with van der Waals surface area (Å²) in [5.41, 5.74) is 0.688. The summed E-state index contributed by atoms with van der Waals surface area (Å²) in [5.74, 6) is -1.66. The van der Waals surface area contributed by atoms with Crippen molar-refractivity contribution in [2.24, 2.45) is 4.99 Å². The molecule has 3 rings (SSSR count). The van der Waals surface area contributed by atoms with Gasteiger partial charge in [-0.15, -0.1) is 0 Å². The molecule has 1 aromatic carbocycles. The van der Waals surface area contributed by atoms with Gasteiger partial charge in [0.1, 0.15) is 5.84 Å². The second-order valence-corrected chi connectivity index (χ2v) is 7.09. The molecule has 8 heteroatoms. The number of Topliss-reactive ketones (excluding diaryl/α,β-unsaturated/α-hetero) is 1. The molecule has 0 radical (unpaired) electrons.